The van der Waals surface area contributed by atoms with Gasteiger partial charge in [-0.25, -0.2) is 8.42 Å². The number of anilines is 1. The quantitative estimate of drug-likeness (QED) is 0.842. The van der Waals surface area contributed by atoms with Gasteiger partial charge in [0.15, 0.2) is 14.9 Å². The van der Waals surface area contributed by atoms with E-state index in [9.17, 15) is 8.42 Å². The second-order valence-electron chi connectivity index (χ2n) is 4.78. The molecule has 0 unspecified atom stereocenters. The standard InChI is InChI=1S/C15H19N3O3S/c1-3-9-22(19,20)15-8-7-14(17-18-15)16-11-12-5-4-6-13(10-12)21-2/h4-8,10H,3,9,11H2,1-2H3,(H,16,17). The number of aromatic nitrogens is 2. The van der Waals surface area contributed by atoms with E-state index in [1.165, 1.54) is 6.07 Å². The Morgan fingerprint density at radius 1 is 1.18 bits per heavy atom. The molecular formula is C15H19N3O3S. The van der Waals surface area contributed by atoms with E-state index >= 15 is 0 Å². The molecule has 0 amide bonds. The molecule has 7 heteroatoms. The molecule has 118 valence electrons. The molecule has 1 aromatic heterocycles. The van der Waals surface area contributed by atoms with Gasteiger partial charge in [0.2, 0.25) is 0 Å². The first-order chi connectivity index (χ1) is 10.5. The summed E-state index contributed by atoms with van der Waals surface area (Å²) < 4.78 is 28.9. The minimum absolute atomic E-state index is 0.0151. The van der Waals surface area contributed by atoms with Crippen molar-refractivity contribution in [3.8, 4) is 5.75 Å². The lowest BCUT2D eigenvalue weighted by molar-refractivity contribution is 0.414. The first kappa shape index (κ1) is 16.2. The van der Waals surface area contributed by atoms with Crippen molar-refractivity contribution in [1.29, 1.82) is 0 Å². The zero-order valence-electron chi connectivity index (χ0n) is 12.6. The molecule has 2 rings (SSSR count). The smallest absolute Gasteiger partial charge is 0.197 e. The Kier molecular flexibility index (Phi) is 5.32. The average molecular weight is 321 g/mol. The molecule has 2 aromatic rings. The SMILES string of the molecule is CCCS(=O)(=O)c1ccc(NCc2cccc(OC)c2)nn1. The molecule has 1 aromatic carbocycles. The average Bonchev–Trinajstić information content (AvgIpc) is 2.53. The van der Waals surface area contributed by atoms with Gasteiger partial charge in [-0.2, -0.15) is 0 Å². The topological polar surface area (TPSA) is 81.2 Å². The Labute approximate surface area is 130 Å². The van der Waals surface area contributed by atoms with Crippen LogP contribution in [-0.4, -0.2) is 31.5 Å². The van der Waals surface area contributed by atoms with Crippen LogP contribution in [0.3, 0.4) is 0 Å². The summed E-state index contributed by atoms with van der Waals surface area (Å²) in [6.45, 7) is 2.36. The first-order valence-electron chi connectivity index (χ1n) is 6.98. The van der Waals surface area contributed by atoms with Gasteiger partial charge in [-0.15, -0.1) is 10.2 Å². The maximum Gasteiger partial charge on any atom is 0.197 e. The van der Waals surface area contributed by atoms with Gasteiger partial charge in [-0.3, -0.25) is 0 Å². The van der Waals surface area contributed by atoms with Crippen molar-refractivity contribution in [2.45, 2.75) is 24.9 Å². The van der Waals surface area contributed by atoms with Crippen molar-refractivity contribution >= 4 is 15.7 Å². The number of rotatable bonds is 7. The second-order valence-corrected chi connectivity index (χ2v) is 6.84. The Hall–Kier alpha value is -2.15. The number of nitrogens with zero attached hydrogens (tertiary/aromatic N) is 2. The number of ether oxygens (including phenoxy) is 1. The highest BCUT2D eigenvalue weighted by Gasteiger charge is 2.15. The van der Waals surface area contributed by atoms with Gasteiger partial charge in [-0.1, -0.05) is 19.1 Å². The molecule has 0 saturated heterocycles. The highest BCUT2D eigenvalue weighted by Crippen LogP contribution is 2.14. The summed E-state index contributed by atoms with van der Waals surface area (Å²) in [5.74, 6) is 1.39. The number of hydrogen-bond acceptors (Lipinski definition) is 6. The zero-order valence-corrected chi connectivity index (χ0v) is 13.4. The lowest BCUT2D eigenvalue weighted by atomic mass is 10.2. The molecule has 0 aliphatic heterocycles. The van der Waals surface area contributed by atoms with Gasteiger partial charge < -0.3 is 10.1 Å². The molecule has 0 saturated carbocycles. The third-order valence-corrected chi connectivity index (χ3v) is 4.84. The number of methoxy groups -OCH3 is 1. The van der Waals surface area contributed by atoms with Crippen LogP contribution in [0, 0.1) is 0 Å². The van der Waals surface area contributed by atoms with Crippen LogP contribution in [0.25, 0.3) is 0 Å². The van der Waals surface area contributed by atoms with Gasteiger partial charge in [0, 0.05) is 6.54 Å². The fourth-order valence-electron chi connectivity index (χ4n) is 1.93. The molecule has 0 fully saturated rings. The van der Waals surface area contributed by atoms with Crippen molar-refractivity contribution in [3.05, 3.63) is 42.0 Å². The van der Waals surface area contributed by atoms with Gasteiger partial charge in [0.25, 0.3) is 0 Å². The summed E-state index contributed by atoms with van der Waals surface area (Å²) in [7, 11) is -1.70. The molecule has 0 atom stereocenters. The van der Waals surface area contributed by atoms with E-state index in [0.29, 0.717) is 18.8 Å². The number of benzene rings is 1. The fourth-order valence-corrected chi connectivity index (χ4v) is 3.12. The predicted molar refractivity (Wildman–Crippen MR) is 84.7 cm³/mol. The van der Waals surface area contributed by atoms with Crippen molar-refractivity contribution in [2.24, 2.45) is 0 Å². The summed E-state index contributed by atoms with van der Waals surface area (Å²) in [4.78, 5) is 0. The first-order valence-corrected chi connectivity index (χ1v) is 8.63. The maximum atomic E-state index is 11.9. The molecule has 0 aliphatic rings. The van der Waals surface area contributed by atoms with Crippen LogP contribution in [0.1, 0.15) is 18.9 Å². The van der Waals surface area contributed by atoms with Gasteiger partial charge in [0.05, 0.1) is 12.9 Å². The lowest BCUT2D eigenvalue weighted by Crippen LogP contribution is -2.10. The Bertz CT molecular complexity index is 715. The largest absolute Gasteiger partial charge is 0.497 e. The summed E-state index contributed by atoms with van der Waals surface area (Å²) in [5.41, 5.74) is 1.03. The summed E-state index contributed by atoms with van der Waals surface area (Å²) in [6, 6.07) is 10.8. The molecule has 0 bridgehead atoms. The van der Waals surface area contributed by atoms with Crippen LogP contribution in [0.4, 0.5) is 5.82 Å². The number of nitrogens with one attached hydrogen (secondary N) is 1. The van der Waals surface area contributed by atoms with Gasteiger partial charge in [0.1, 0.15) is 11.6 Å². The minimum atomic E-state index is -3.32. The summed E-state index contributed by atoms with van der Waals surface area (Å²) >= 11 is 0. The fraction of sp³-hybridized carbons (Fsp3) is 0.333. The Morgan fingerprint density at radius 2 is 2.00 bits per heavy atom. The third-order valence-electron chi connectivity index (χ3n) is 3.04. The van der Waals surface area contributed by atoms with E-state index in [0.717, 1.165) is 11.3 Å². The van der Waals surface area contributed by atoms with E-state index in [2.05, 4.69) is 15.5 Å². The maximum absolute atomic E-state index is 11.9. The summed E-state index contributed by atoms with van der Waals surface area (Å²) in [6.07, 6.45) is 0.555. The van der Waals surface area contributed by atoms with E-state index in [1.807, 2.05) is 31.2 Å². The zero-order chi connectivity index (χ0) is 16.0. The minimum Gasteiger partial charge on any atom is -0.497 e. The van der Waals surface area contributed by atoms with E-state index < -0.39 is 9.84 Å². The van der Waals surface area contributed by atoms with Crippen LogP contribution < -0.4 is 10.1 Å². The highest BCUT2D eigenvalue weighted by atomic mass is 32.2. The van der Waals surface area contributed by atoms with Gasteiger partial charge in [-0.05, 0) is 36.2 Å². The van der Waals surface area contributed by atoms with Gasteiger partial charge >= 0.3 is 0 Å². The molecule has 6 nitrogen and oxygen atoms in total. The van der Waals surface area contributed by atoms with Crippen LogP contribution in [0.5, 0.6) is 5.75 Å². The van der Waals surface area contributed by atoms with E-state index in [4.69, 9.17) is 4.74 Å². The van der Waals surface area contributed by atoms with E-state index in [-0.39, 0.29) is 10.8 Å². The molecule has 1 N–H and O–H groups in total. The molecule has 22 heavy (non-hydrogen) atoms. The van der Waals surface area contributed by atoms with Crippen LogP contribution in [0.15, 0.2) is 41.4 Å². The molecular weight excluding hydrogens is 302 g/mol. The predicted octanol–water partition coefficient (Wildman–Crippen LogP) is 2.28. The molecule has 0 aliphatic carbocycles. The number of hydrogen-bond donors (Lipinski definition) is 1. The third kappa shape index (κ3) is 4.17. The van der Waals surface area contributed by atoms with Crippen molar-refractivity contribution in [2.75, 3.05) is 18.2 Å². The summed E-state index contributed by atoms with van der Waals surface area (Å²) in [5, 5.41) is 10.8. The highest BCUT2D eigenvalue weighted by molar-refractivity contribution is 7.91. The van der Waals surface area contributed by atoms with Crippen LogP contribution >= 0.6 is 0 Å². The van der Waals surface area contributed by atoms with Crippen molar-refractivity contribution in [3.63, 3.8) is 0 Å². The second kappa shape index (κ2) is 7.22. The Morgan fingerprint density at radius 3 is 2.64 bits per heavy atom. The van der Waals surface area contributed by atoms with Crippen molar-refractivity contribution in [1.82, 2.24) is 10.2 Å². The molecule has 0 spiro atoms. The monoisotopic (exact) mass is 321 g/mol. The Balaban J connectivity index is 2.02. The number of sulfone groups is 1. The van der Waals surface area contributed by atoms with Crippen LogP contribution in [-0.2, 0) is 16.4 Å². The van der Waals surface area contributed by atoms with E-state index in [1.54, 1.807) is 13.2 Å². The molecule has 1 heterocycles. The van der Waals surface area contributed by atoms with Crippen LogP contribution in [0.2, 0.25) is 0 Å². The normalized spacial score (nSPS) is 11.2. The lowest BCUT2D eigenvalue weighted by Gasteiger charge is -2.07. The van der Waals surface area contributed by atoms with Crippen molar-refractivity contribution < 1.29 is 13.2 Å². The molecule has 0 radical (unpaired) electrons.